The van der Waals surface area contributed by atoms with E-state index in [0.717, 1.165) is 38.5 Å². The zero-order chi connectivity index (χ0) is 12.8. The molecule has 0 spiro atoms. The molecule has 0 aromatic heterocycles. The Balaban J connectivity index is 1.74. The molecule has 1 unspecified atom stereocenters. The van der Waals surface area contributed by atoms with Gasteiger partial charge in [0.15, 0.2) is 0 Å². The SMILES string of the molecule is C=CCCCCCC(=O)C1Cc2ccccc2S1. The first kappa shape index (κ1) is 13.4. The van der Waals surface area contributed by atoms with Gasteiger partial charge in [0, 0.05) is 11.3 Å². The predicted molar refractivity (Wildman–Crippen MR) is 78.1 cm³/mol. The van der Waals surface area contributed by atoms with Crippen molar-refractivity contribution in [2.24, 2.45) is 0 Å². The lowest BCUT2D eigenvalue weighted by atomic mass is 10.0. The molecule has 0 radical (unpaired) electrons. The Morgan fingerprint density at radius 1 is 1.33 bits per heavy atom. The molecule has 0 amide bonds. The Morgan fingerprint density at radius 2 is 2.17 bits per heavy atom. The lowest BCUT2D eigenvalue weighted by molar-refractivity contribution is -0.118. The fourth-order valence-electron chi connectivity index (χ4n) is 2.29. The quantitative estimate of drug-likeness (QED) is 0.533. The average molecular weight is 260 g/mol. The van der Waals surface area contributed by atoms with Crippen LogP contribution in [0.1, 0.15) is 37.7 Å². The third kappa shape index (κ3) is 3.49. The summed E-state index contributed by atoms with van der Waals surface area (Å²) in [6, 6.07) is 8.37. The molecule has 0 N–H and O–H groups in total. The number of benzene rings is 1. The number of carbonyl (C=O) groups excluding carboxylic acids is 1. The molecule has 0 fully saturated rings. The Morgan fingerprint density at radius 3 is 2.94 bits per heavy atom. The molecule has 1 aliphatic heterocycles. The van der Waals surface area contributed by atoms with Crippen LogP contribution in [-0.2, 0) is 11.2 Å². The van der Waals surface area contributed by atoms with Gasteiger partial charge in [-0.1, -0.05) is 30.7 Å². The van der Waals surface area contributed by atoms with Crippen LogP contribution in [0.3, 0.4) is 0 Å². The van der Waals surface area contributed by atoms with Gasteiger partial charge in [-0.05, 0) is 37.3 Å². The minimum atomic E-state index is 0.168. The first-order chi connectivity index (χ1) is 8.81. The fraction of sp³-hybridized carbons (Fsp3) is 0.438. The van der Waals surface area contributed by atoms with Crippen LogP contribution in [0.2, 0.25) is 0 Å². The highest BCUT2D eigenvalue weighted by molar-refractivity contribution is 8.01. The maximum atomic E-state index is 12.1. The summed E-state index contributed by atoms with van der Waals surface area (Å²) in [4.78, 5) is 13.4. The Kier molecular flexibility index (Phi) is 5.06. The average Bonchev–Trinajstić information content (AvgIpc) is 2.82. The van der Waals surface area contributed by atoms with Crippen molar-refractivity contribution in [3.63, 3.8) is 0 Å². The third-order valence-electron chi connectivity index (χ3n) is 3.34. The molecule has 1 aromatic carbocycles. The topological polar surface area (TPSA) is 17.1 Å². The van der Waals surface area contributed by atoms with E-state index < -0.39 is 0 Å². The second-order valence-electron chi connectivity index (χ2n) is 4.77. The molecule has 1 atom stereocenters. The molecule has 1 nitrogen and oxygen atoms in total. The standard InChI is InChI=1S/C16H20OS/c1-2-3-4-5-6-10-14(17)16-12-13-9-7-8-11-15(13)18-16/h2,7-9,11,16H,1,3-6,10,12H2. The van der Waals surface area contributed by atoms with E-state index in [1.807, 2.05) is 12.1 Å². The molecule has 2 heteroatoms. The Bertz CT molecular complexity index is 400. The van der Waals surface area contributed by atoms with Crippen molar-refractivity contribution >= 4 is 17.5 Å². The molecule has 0 aliphatic carbocycles. The molecule has 0 bridgehead atoms. The van der Waals surface area contributed by atoms with E-state index in [2.05, 4.69) is 24.8 Å². The van der Waals surface area contributed by atoms with Crippen molar-refractivity contribution in [3.8, 4) is 0 Å². The smallest absolute Gasteiger partial charge is 0.146 e. The van der Waals surface area contributed by atoms with Gasteiger partial charge in [-0.3, -0.25) is 4.79 Å². The summed E-state index contributed by atoms with van der Waals surface area (Å²) < 4.78 is 0. The summed E-state index contributed by atoms with van der Waals surface area (Å²) in [6.45, 7) is 3.71. The lowest BCUT2D eigenvalue weighted by Gasteiger charge is -2.06. The maximum Gasteiger partial charge on any atom is 0.146 e. The highest BCUT2D eigenvalue weighted by atomic mass is 32.2. The summed E-state index contributed by atoms with van der Waals surface area (Å²) in [6.07, 6.45) is 8.01. The van der Waals surface area contributed by atoms with Gasteiger partial charge in [-0.2, -0.15) is 0 Å². The number of ketones is 1. The molecule has 1 heterocycles. The molecule has 18 heavy (non-hydrogen) atoms. The highest BCUT2D eigenvalue weighted by Crippen LogP contribution is 2.37. The van der Waals surface area contributed by atoms with E-state index in [1.54, 1.807) is 11.8 Å². The zero-order valence-electron chi connectivity index (χ0n) is 10.7. The van der Waals surface area contributed by atoms with Crippen LogP contribution in [0.15, 0.2) is 41.8 Å². The Labute approximate surface area is 114 Å². The van der Waals surface area contributed by atoms with E-state index in [0.29, 0.717) is 5.78 Å². The van der Waals surface area contributed by atoms with Crippen molar-refractivity contribution in [2.45, 2.75) is 48.7 Å². The second kappa shape index (κ2) is 6.79. The molecule has 1 aromatic rings. The van der Waals surface area contributed by atoms with Gasteiger partial charge in [0.25, 0.3) is 0 Å². The van der Waals surface area contributed by atoms with E-state index in [-0.39, 0.29) is 5.25 Å². The first-order valence-corrected chi connectivity index (χ1v) is 7.57. The van der Waals surface area contributed by atoms with Crippen molar-refractivity contribution in [2.75, 3.05) is 0 Å². The number of unbranched alkanes of at least 4 members (excludes halogenated alkanes) is 3. The third-order valence-corrected chi connectivity index (χ3v) is 4.70. The van der Waals surface area contributed by atoms with Gasteiger partial charge in [-0.25, -0.2) is 0 Å². The minimum Gasteiger partial charge on any atom is -0.298 e. The van der Waals surface area contributed by atoms with Gasteiger partial charge in [0.2, 0.25) is 0 Å². The number of hydrogen-bond acceptors (Lipinski definition) is 2. The van der Waals surface area contributed by atoms with E-state index in [9.17, 15) is 4.79 Å². The van der Waals surface area contributed by atoms with Crippen LogP contribution in [0, 0.1) is 0 Å². The lowest BCUT2D eigenvalue weighted by Crippen LogP contribution is -2.15. The van der Waals surface area contributed by atoms with Crippen LogP contribution >= 0.6 is 11.8 Å². The molecular weight excluding hydrogens is 240 g/mol. The number of allylic oxidation sites excluding steroid dienone is 1. The van der Waals surface area contributed by atoms with Crippen LogP contribution in [0.5, 0.6) is 0 Å². The van der Waals surface area contributed by atoms with Gasteiger partial charge in [0.1, 0.15) is 5.78 Å². The molecular formula is C16H20OS. The minimum absolute atomic E-state index is 0.168. The highest BCUT2D eigenvalue weighted by Gasteiger charge is 2.26. The van der Waals surface area contributed by atoms with Crippen molar-refractivity contribution in [1.82, 2.24) is 0 Å². The van der Waals surface area contributed by atoms with E-state index in [4.69, 9.17) is 0 Å². The fourth-order valence-corrected chi connectivity index (χ4v) is 3.57. The molecule has 2 rings (SSSR count). The van der Waals surface area contributed by atoms with E-state index in [1.165, 1.54) is 10.5 Å². The van der Waals surface area contributed by atoms with E-state index >= 15 is 0 Å². The zero-order valence-corrected chi connectivity index (χ0v) is 11.5. The van der Waals surface area contributed by atoms with Gasteiger partial charge < -0.3 is 0 Å². The summed E-state index contributed by atoms with van der Waals surface area (Å²) >= 11 is 1.75. The van der Waals surface area contributed by atoms with Crippen LogP contribution < -0.4 is 0 Å². The second-order valence-corrected chi connectivity index (χ2v) is 6.02. The van der Waals surface area contributed by atoms with Crippen LogP contribution in [0.4, 0.5) is 0 Å². The first-order valence-electron chi connectivity index (χ1n) is 6.69. The monoisotopic (exact) mass is 260 g/mol. The van der Waals surface area contributed by atoms with Gasteiger partial charge in [0.05, 0.1) is 5.25 Å². The number of thioether (sulfide) groups is 1. The van der Waals surface area contributed by atoms with Crippen molar-refractivity contribution < 1.29 is 4.79 Å². The summed E-state index contributed by atoms with van der Waals surface area (Å²) in [7, 11) is 0. The maximum absolute atomic E-state index is 12.1. The normalized spacial score (nSPS) is 17.4. The van der Waals surface area contributed by atoms with Crippen molar-refractivity contribution in [3.05, 3.63) is 42.5 Å². The molecule has 0 saturated heterocycles. The number of Topliss-reactive ketones (excluding diaryl/α,β-unsaturated/α-hetero) is 1. The van der Waals surface area contributed by atoms with Crippen LogP contribution in [0.25, 0.3) is 0 Å². The summed E-state index contributed by atoms with van der Waals surface area (Å²) in [5.41, 5.74) is 1.34. The molecule has 1 aliphatic rings. The van der Waals surface area contributed by atoms with Crippen molar-refractivity contribution in [1.29, 1.82) is 0 Å². The number of fused-ring (bicyclic) bond motifs is 1. The predicted octanol–water partition coefficient (Wildman–Crippen LogP) is 4.41. The molecule has 96 valence electrons. The summed E-state index contributed by atoms with van der Waals surface area (Å²) in [5.74, 6) is 0.426. The number of carbonyl (C=O) groups is 1. The summed E-state index contributed by atoms with van der Waals surface area (Å²) in [5, 5.41) is 0.168. The van der Waals surface area contributed by atoms with Crippen LogP contribution in [-0.4, -0.2) is 11.0 Å². The number of hydrogen-bond donors (Lipinski definition) is 0. The Hall–Kier alpha value is -1.02. The largest absolute Gasteiger partial charge is 0.298 e. The number of rotatable bonds is 7. The molecule has 0 saturated carbocycles. The van der Waals surface area contributed by atoms with Gasteiger partial charge >= 0.3 is 0 Å². The van der Waals surface area contributed by atoms with Gasteiger partial charge in [-0.15, -0.1) is 18.3 Å².